The molecular formula is C12H19ClN2O2. The number of aryl methyl sites for hydroxylation is 1. The number of rotatable bonds is 7. The van der Waals surface area contributed by atoms with E-state index in [-0.39, 0.29) is 10.7 Å². The normalized spacial score (nSPS) is 10.8. The summed E-state index contributed by atoms with van der Waals surface area (Å²) in [6.07, 6.45) is 2.85. The first-order valence-corrected chi connectivity index (χ1v) is 6.40. The van der Waals surface area contributed by atoms with Gasteiger partial charge in [0.15, 0.2) is 0 Å². The second kappa shape index (κ2) is 7.45. The zero-order valence-corrected chi connectivity index (χ0v) is 11.2. The summed E-state index contributed by atoms with van der Waals surface area (Å²) in [6.45, 7) is 5.89. The van der Waals surface area contributed by atoms with Crippen molar-refractivity contribution >= 4 is 11.6 Å². The van der Waals surface area contributed by atoms with Gasteiger partial charge < -0.3 is 4.74 Å². The van der Waals surface area contributed by atoms with E-state index in [1.165, 1.54) is 6.07 Å². The van der Waals surface area contributed by atoms with Crippen LogP contribution in [0.25, 0.3) is 0 Å². The highest BCUT2D eigenvalue weighted by Gasteiger charge is 2.05. The van der Waals surface area contributed by atoms with Gasteiger partial charge in [-0.3, -0.25) is 9.36 Å². The highest BCUT2D eigenvalue weighted by Crippen LogP contribution is 2.03. The molecule has 0 bridgehead atoms. The monoisotopic (exact) mass is 258 g/mol. The molecule has 0 atom stereocenters. The van der Waals surface area contributed by atoms with E-state index in [4.69, 9.17) is 16.3 Å². The molecule has 0 N–H and O–H groups in total. The molecule has 0 amide bonds. The lowest BCUT2D eigenvalue weighted by Gasteiger charge is -2.10. The average molecular weight is 259 g/mol. The minimum absolute atomic E-state index is 0.110. The summed E-state index contributed by atoms with van der Waals surface area (Å²) < 4.78 is 7.07. The average Bonchev–Trinajstić information content (AvgIpc) is 2.30. The van der Waals surface area contributed by atoms with Gasteiger partial charge in [0.05, 0.1) is 13.2 Å². The molecule has 0 unspecified atom stereocenters. The second-order valence-electron chi connectivity index (χ2n) is 3.80. The molecule has 0 spiro atoms. The molecule has 1 heterocycles. The van der Waals surface area contributed by atoms with Crippen molar-refractivity contribution in [2.45, 2.75) is 39.7 Å². The van der Waals surface area contributed by atoms with E-state index in [2.05, 4.69) is 11.9 Å². The van der Waals surface area contributed by atoms with Gasteiger partial charge >= 0.3 is 0 Å². The largest absolute Gasteiger partial charge is 0.380 e. The van der Waals surface area contributed by atoms with E-state index in [1.54, 1.807) is 4.57 Å². The Labute approximate surface area is 107 Å². The molecule has 0 fully saturated rings. The summed E-state index contributed by atoms with van der Waals surface area (Å²) in [5.41, 5.74) is -0.110. The molecule has 0 aliphatic heterocycles. The number of hydrogen-bond donors (Lipinski definition) is 0. The fourth-order valence-electron chi connectivity index (χ4n) is 1.54. The lowest BCUT2D eigenvalue weighted by atomic mass is 10.4. The molecule has 5 heteroatoms. The van der Waals surface area contributed by atoms with Crippen molar-refractivity contribution in [3.05, 3.63) is 27.4 Å². The van der Waals surface area contributed by atoms with E-state index in [0.717, 1.165) is 19.4 Å². The molecule has 0 aliphatic carbocycles. The van der Waals surface area contributed by atoms with Crippen LogP contribution in [0.15, 0.2) is 10.9 Å². The van der Waals surface area contributed by atoms with Crippen molar-refractivity contribution in [3.63, 3.8) is 0 Å². The van der Waals surface area contributed by atoms with Crippen LogP contribution < -0.4 is 5.56 Å². The maximum absolute atomic E-state index is 11.7. The molecule has 96 valence electrons. The van der Waals surface area contributed by atoms with Crippen molar-refractivity contribution in [1.82, 2.24) is 9.55 Å². The standard InChI is InChI=1S/C12H19ClN2O2/c1-3-5-7-17-8-6-15-11(4-2)14-10(13)9-12(15)16/h9H,3-8H2,1-2H3. The van der Waals surface area contributed by atoms with Crippen LogP contribution in [0.1, 0.15) is 32.5 Å². The smallest absolute Gasteiger partial charge is 0.255 e. The van der Waals surface area contributed by atoms with Gasteiger partial charge in [0.1, 0.15) is 11.0 Å². The van der Waals surface area contributed by atoms with Gasteiger partial charge in [0.25, 0.3) is 5.56 Å². The number of nitrogens with zero attached hydrogens (tertiary/aromatic N) is 2. The molecule has 0 saturated heterocycles. The predicted molar refractivity (Wildman–Crippen MR) is 68.6 cm³/mol. The number of hydrogen-bond acceptors (Lipinski definition) is 3. The minimum Gasteiger partial charge on any atom is -0.380 e. The van der Waals surface area contributed by atoms with Crippen molar-refractivity contribution < 1.29 is 4.74 Å². The first-order valence-electron chi connectivity index (χ1n) is 6.03. The van der Waals surface area contributed by atoms with Crippen molar-refractivity contribution in [2.75, 3.05) is 13.2 Å². The first-order chi connectivity index (χ1) is 8.19. The second-order valence-corrected chi connectivity index (χ2v) is 4.19. The van der Waals surface area contributed by atoms with Gasteiger partial charge in [0.2, 0.25) is 0 Å². The van der Waals surface area contributed by atoms with E-state index in [1.807, 2.05) is 6.92 Å². The van der Waals surface area contributed by atoms with Crippen LogP contribution in [0, 0.1) is 0 Å². The highest BCUT2D eigenvalue weighted by atomic mass is 35.5. The lowest BCUT2D eigenvalue weighted by Crippen LogP contribution is -2.26. The molecule has 1 aromatic heterocycles. The number of aromatic nitrogens is 2. The van der Waals surface area contributed by atoms with Crippen LogP contribution >= 0.6 is 11.6 Å². The van der Waals surface area contributed by atoms with Crippen molar-refractivity contribution in [3.8, 4) is 0 Å². The summed E-state index contributed by atoms with van der Waals surface area (Å²) in [4.78, 5) is 15.9. The maximum atomic E-state index is 11.7. The van der Waals surface area contributed by atoms with E-state index < -0.39 is 0 Å². The predicted octanol–water partition coefficient (Wildman–Crippen LogP) is 2.28. The van der Waals surface area contributed by atoms with Crippen LogP contribution in [0.4, 0.5) is 0 Å². The number of unbranched alkanes of at least 4 members (excludes halogenated alkanes) is 1. The SMILES string of the molecule is CCCCOCCn1c(CC)nc(Cl)cc1=O. The Morgan fingerprint density at radius 1 is 1.41 bits per heavy atom. The molecule has 0 aliphatic rings. The molecule has 1 rings (SSSR count). The van der Waals surface area contributed by atoms with Gasteiger partial charge in [-0.25, -0.2) is 4.98 Å². The first kappa shape index (κ1) is 14.2. The van der Waals surface area contributed by atoms with Crippen molar-refractivity contribution in [1.29, 1.82) is 0 Å². The fourth-order valence-corrected chi connectivity index (χ4v) is 1.73. The van der Waals surface area contributed by atoms with Gasteiger partial charge in [-0.1, -0.05) is 31.9 Å². The van der Waals surface area contributed by atoms with Crippen LogP contribution in [0.3, 0.4) is 0 Å². The Morgan fingerprint density at radius 2 is 2.18 bits per heavy atom. The van der Waals surface area contributed by atoms with Crippen molar-refractivity contribution in [2.24, 2.45) is 0 Å². The van der Waals surface area contributed by atoms with Crippen LogP contribution in [-0.2, 0) is 17.7 Å². The highest BCUT2D eigenvalue weighted by molar-refractivity contribution is 6.29. The number of ether oxygens (including phenoxy) is 1. The molecule has 17 heavy (non-hydrogen) atoms. The fraction of sp³-hybridized carbons (Fsp3) is 0.667. The van der Waals surface area contributed by atoms with Gasteiger partial charge in [-0.15, -0.1) is 0 Å². The maximum Gasteiger partial charge on any atom is 0.255 e. The molecule has 4 nitrogen and oxygen atoms in total. The van der Waals surface area contributed by atoms with Gasteiger partial charge in [0, 0.05) is 19.1 Å². The molecule has 1 aromatic rings. The molecule has 0 saturated carbocycles. The Hall–Kier alpha value is -0.870. The Kier molecular flexibility index (Phi) is 6.22. The van der Waals surface area contributed by atoms with E-state index >= 15 is 0 Å². The van der Waals surface area contributed by atoms with E-state index in [0.29, 0.717) is 25.4 Å². The third-order valence-corrected chi connectivity index (χ3v) is 2.67. The molecule has 0 aromatic carbocycles. The van der Waals surface area contributed by atoms with Gasteiger partial charge in [-0.2, -0.15) is 0 Å². The minimum atomic E-state index is -0.110. The summed E-state index contributed by atoms with van der Waals surface area (Å²) in [7, 11) is 0. The quantitative estimate of drug-likeness (QED) is 0.557. The lowest BCUT2D eigenvalue weighted by molar-refractivity contribution is 0.122. The topological polar surface area (TPSA) is 44.1 Å². The molecular weight excluding hydrogens is 240 g/mol. The summed E-state index contributed by atoms with van der Waals surface area (Å²) in [5, 5.41) is 0.259. The summed E-state index contributed by atoms with van der Waals surface area (Å²) in [6, 6.07) is 1.34. The summed E-state index contributed by atoms with van der Waals surface area (Å²) >= 11 is 5.75. The van der Waals surface area contributed by atoms with Crippen LogP contribution in [-0.4, -0.2) is 22.8 Å². The Bertz CT molecular complexity index is 404. The zero-order valence-electron chi connectivity index (χ0n) is 10.4. The zero-order chi connectivity index (χ0) is 12.7. The third kappa shape index (κ3) is 4.48. The summed E-state index contributed by atoms with van der Waals surface area (Å²) in [5.74, 6) is 0.710. The molecule has 0 radical (unpaired) electrons. The van der Waals surface area contributed by atoms with Crippen LogP contribution in [0.2, 0.25) is 5.15 Å². The van der Waals surface area contributed by atoms with Gasteiger partial charge in [-0.05, 0) is 6.42 Å². The number of halogens is 1. The third-order valence-electron chi connectivity index (χ3n) is 2.47. The van der Waals surface area contributed by atoms with E-state index in [9.17, 15) is 4.79 Å². The Balaban J connectivity index is 2.61. The Morgan fingerprint density at radius 3 is 2.82 bits per heavy atom. The van der Waals surface area contributed by atoms with Crippen LogP contribution in [0.5, 0.6) is 0 Å².